The number of hydrogen-bond donors (Lipinski definition) is 2. The number of hydrogen-bond acceptors (Lipinski definition) is 7. The molecule has 0 saturated carbocycles. The average Bonchev–Trinajstić information content (AvgIpc) is 3.44. The molecule has 2 fully saturated rings. The molecule has 9 heteroatoms. The molecule has 2 saturated heterocycles. The molecule has 1 aromatic carbocycles. The smallest absolute Gasteiger partial charge is 0.147 e. The van der Waals surface area contributed by atoms with E-state index in [-0.39, 0.29) is 0 Å². The first kappa shape index (κ1) is 27.7. The lowest BCUT2D eigenvalue weighted by Crippen LogP contribution is -2.58. The highest BCUT2D eigenvalue weighted by Gasteiger charge is 2.34. The lowest BCUT2D eigenvalue weighted by molar-refractivity contribution is 0.0584. The number of aliphatic hydroxyl groups is 1. The molecule has 2 N–H and O–H groups in total. The predicted molar refractivity (Wildman–Crippen MR) is 157 cm³/mol. The first-order chi connectivity index (χ1) is 18.2. The molecule has 2 aromatic rings. The summed E-state index contributed by atoms with van der Waals surface area (Å²) in [7, 11) is 0. The molecule has 0 bridgehead atoms. The largest absolute Gasteiger partial charge is 0.386 e. The molecule has 5 rings (SSSR count). The first-order valence-electron chi connectivity index (χ1n) is 13.9. The molecule has 0 radical (unpaired) electrons. The molecular formula is C29H40Cl2N6O. The number of halogens is 2. The van der Waals surface area contributed by atoms with Crippen molar-refractivity contribution >= 4 is 34.9 Å². The number of piperazine rings is 1. The van der Waals surface area contributed by atoms with Gasteiger partial charge < -0.3 is 15.3 Å². The van der Waals surface area contributed by atoms with E-state index in [4.69, 9.17) is 28.2 Å². The molecule has 0 spiro atoms. The number of benzene rings is 1. The topological polar surface area (TPSA) is 67.2 Å². The minimum Gasteiger partial charge on any atom is -0.386 e. The maximum atomic E-state index is 10.7. The molecule has 1 aromatic heterocycles. The molecule has 38 heavy (non-hydrogen) atoms. The van der Waals surface area contributed by atoms with Crippen LogP contribution < -0.4 is 10.2 Å². The second kappa shape index (κ2) is 11.7. The van der Waals surface area contributed by atoms with Crippen LogP contribution in [-0.2, 0) is 12.1 Å². The molecule has 0 amide bonds. The lowest BCUT2D eigenvalue weighted by Gasteiger charge is -2.48. The third-order valence-electron chi connectivity index (χ3n) is 8.22. The van der Waals surface area contributed by atoms with Gasteiger partial charge >= 0.3 is 0 Å². The van der Waals surface area contributed by atoms with E-state index in [2.05, 4.69) is 38.0 Å². The van der Waals surface area contributed by atoms with E-state index in [1.807, 2.05) is 38.2 Å². The van der Waals surface area contributed by atoms with Crippen LogP contribution in [0, 0.1) is 0 Å². The molecule has 1 atom stereocenters. The highest BCUT2D eigenvalue weighted by atomic mass is 35.5. The van der Waals surface area contributed by atoms with Crippen LogP contribution >= 0.6 is 23.2 Å². The van der Waals surface area contributed by atoms with Crippen molar-refractivity contribution in [3.63, 3.8) is 0 Å². The van der Waals surface area contributed by atoms with E-state index in [9.17, 15) is 5.11 Å². The summed E-state index contributed by atoms with van der Waals surface area (Å²) >= 11 is 13.0. The van der Waals surface area contributed by atoms with Crippen LogP contribution in [0.4, 0.5) is 5.82 Å². The highest BCUT2D eigenvalue weighted by Crippen LogP contribution is 2.31. The maximum Gasteiger partial charge on any atom is 0.147 e. The first-order valence-corrected chi connectivity index (χ1v) is 14.7. The fourth-order valence-corrected chi connectivity index (χ4v) is 6.65. The fraction of sp³-hybridized carbons (Fsp3) is 0.586. The van der Waals surface area contributed by atoms with Gasteiger partial charge in [0.15, 0.2) is 0 Å². The Morgan fingerprint density at radius 2 is 1.89 bits per heavy atom. The highest BCUT2D eigenvalue weighted by molar-refractivity contribution is 6.33. The van der Waals surface area contributed by atoms with Crippen LogP contribution in [0.15, 0.2) is 35.5 Å². The maximum absolute atomic E-state index is 10.7. The van der Waals surface area contributed by atoms with Crippen LogP contribution in [0.2, 0.25) is 10.0 Å². The van der Waals surface area contributed by atoms with E-state index < -0.39 is 5.60 Å². The summed E-state index contributed by atoms with van der Waals surface area (Å²) in [6, 6.07) is 8.97. The standard InChI is InChI=1S/C29H40Cl2N6O/c1-4-23-19-36(28-26(31)15-21(17-34-28)27-32-9-10-33-27)13-14-37(23)24-7-11-35(12-8-24)18-20-5-6-22(30)16-25(20)29(2,3)38/h5-6,15-17,23-24,38H,4,7-14,18-19H2,1-3H3,(H,32,33)/t23-/m0/s1. The zero-order chi connectivity index (χ0) is 26.9. The van der Waals surface area contributed by atoms with Gasteiger partial charge in [0.25, 0.3) is 0 Å². The molecule has 0 aliphatic carbocycles. The number of anilines is 1. The summed E-state index contributed by atoms with van der Waals surface area (Å²) < 4.78 is 0. The zero-order valence-electron chi connectivity index (χ0n) is 22.8. The Morgan fingerprint density at radius 3 is 2.55 bits per heavy atom. The van der Waals surface area contributed by atoms with Gasteiger partial charge in [0.05, 0.1) is 17.2 Å². The number of piperidine rings is 1. The van der Waals surface area contributed by atoms with Gasteiger partial charge in [0.2, 0.25) is 0 Å². The van der Waals surface area contributed by atoms with Gasteiger partial charge in [-0.15, -0.1) is 0 Å². The van der Waals surface area contributed by atoms with E-state index in [0.717, 1.165) is 100.0 Å². The van der Waals surface area contributed by atoms with Crippen LogP contribution in [0.3, 0.4) is 0 Å². The number of amidine groups is 1. The average molecular weight is 560 g/mol. The van der Waals surface area contributed by atoms with Gasteiger partial charge in [-0.25, -0.2) is 4.98 Å². The van der Waals surface area contributed by atoms with Crippen LogP contribution in [0.1, 0.15) is 56.7 Å². The van der Waals surface area contributed by atoms with Gasteiger partial charge in [0, 0.05) is 61.6 Å². The van der Waals surface area contributed by atoms with Crippen LogP contribution in [0.5, 0.6) is 0 Å². The lowest BCUT2D eigenvalue weighted by atomic mass is 9.92. The number of nitrogens with zero attached hydrogens (tertiary/aromatic N) is 5. The van der Waals surface area contributed by atoms with Crippen molar-refractivity contribution in [1.29, 1.82) is 0 Å². The van der Waals surface area contributed by atoms with Crippen molar-refractivity contribution in [1.82, 2.24) is 20.1 Å². The van der Waals surface area contributed by atoms with Crippen molar-refractivity contribution < 1.29 is 5.11 Å². The molecule has 3 aliphatic rings. The summed E-state index contributed by atoms with van der Waals surface area (Å²) in [5.41, 5.74) is 2.13. The second-order valence-corrected chi connectivity index (χ2v) is 12.1. The Balaban J connectivity index is 1.19. The molecule has 4 heterocycles. The van der Waals surface area contributed by atoms with E-state index in [1.54, 1.807) is 0 Å². The second-order valence-electron chi connectivity index (χ2n) is 11.3. The monoisotopic (exact) mass is 558 g/mol. The molecular weight excluding hydrogens is 519 g/mol. The molecule has 7 nitrogen and oxygen atoms in total. The third-order valence-corrected chi connectivity index (χ3v) is 8.73. The summed E-state index contributed by atoms with van der Waals surface area (Å²) in [5.74, 6) is 1.77. The van der Waals surface area contributed by atoms with Gasteiger partial charge in [-0.1, -0.05) is 36.2 Å². The fourth-order valence-electron chi connectivity index (χ4n) is 6.20. The van der Waals surface area contributed by atoms with Gasteiger partial charge in [-0.3, -0.25) is 14.8 Å². The summed E-state index contributed by atoms with van der Waals surface area (Å²) in [4.78, 5) is 16.8. The Hall–Kier alpha value is -1.90. The summed E-state index contributed by atoms with van der Waals surface area (Å²) in [6.45, 7) is 13.5. The van der Waals surface area contributed by atoms with Gasteiger partial charge in [0.1, 0.15) is 11.7 Å². The quantitative estimate of drug-likeness (QED) is 0.520. The van der Waals surface area contributed by atoms with Crippen molar-refractivity contribution in [2.75, 3.05) is 50.7 Å². The number of rotatable bonds is 7. The van der Waals surface area contributed by atoms with Gasteiger partial charge in [-0.05, 0) is 75.5 Å². The molecule has 206 valence electrons. The zero-order valence-corrected chi connectivity index (χ0v) is 24.3. The number of aromatic nitrogens is 1. The third kappa shape index (κ3) is 6.13. The van der Waals surface area contributed by atoms with E-state index in [0.29, 0.717) is 22.1 Å². The SMILES string of the molecule is CC[C@H]1CN(c2ncc(C3=NCCN3)cc2Cl)CCN1C1CCN(Cc2ccc(Cl)cc2C(C)(C)O)CC1. The number of likely N-dealkylation sites (tertiary alicyclic amines) is 1. The number of pyridine rings is 1. The van der Waals surface area contributed by atoms with Crippen molar-refractivity contribution in [2.24, 2.45) is 4.99 Å². The van der Waals surface area contributed by atoms with Crippen LogP contribution in [0.25, 0.3) is 0 Å². The summed E-state index contributed by atoms with van der Waals surface area (Å²) in [5, 5.41) is 15.3. The van der Waals surface area contributed by atoms with Crippen molar-refractivity contribution in [2.45, 2.75) is 64.3 Å². The minimum absolute atomic E-state index is 0.483. The Morgan fingerprint density at radius 1 is 1.11 bits per heavy atom. The van der Waals surface area contributed by atoms with E-state index in [1.165, 1.54) is 0 Å². The Bertz CT molecular complexity index is 1160. The summed E-state index contributed by atoms with van der Waals surface area (Å²) in [6.07, 6.45) is 5.31. The number of nitrogens with one attached hydrogen (secondary N) is 1. The Labute approximate surface area is 236 Å². The van der Waals surface area contributed by atoms with E-state index >= 15 is 0 Å². The molecule has 3 aliphatic heterocycles. The van der Waals surface area contributed by atoms with Crippen LogP contribution in [-0.4, -0.2) is 83.6 Å². The van der Waals surface area contributed by atoms with Crippen molar-refractivity contribution in [3.05, 3.63) is 57.2 Å². The Kier molecular flexibility index (Phi) is 8.51. The van der Waals surface area contributed by atoms with Crippen molar-refractivity contribution in [3.8, 4) is 0 Å². The minimum atomic E-state index is -0.911. The molecule has 0 unspecified atom stereocenters. The predicted octanol–water partition coefficient (Wildman–Crippen LogP) is 4.53. The van der Waals surface area contributed by atoms with Gasteiger partial charge in [-0.2, -0.15) is 0 Å². The number of aliphatic imine (C=N–C) groups is 1. The normalized spacial score (nSPS) is 22.0.